The zero-order chi connectivity index (χ0) is 39.4. The van der Waals surface area contributed by atoms with E-state index < -0.39 is 52.8 Å². The Morgan fingerprint density at radius 1 is 0.635 bits per heavy atom. The molecule has 1 fully saturated rings. The van der Waals surface area contributed by atoms with Crippen LogP contribution in [0.25, 0.3) is 0 Å². The zero-order valence-electron chi connectivity index (χ0n) is 34.3. The third kappa shape index (κ3) is 22.9. The topological polar surface area (TPSA) is 156 Å². The van der Waals surface area contributed by atoms with Gasteiger partial charge >= 0.3 is 23.9 Å². The van der Waals surface area contributed by atoms with Crippen LogP contribution in [0, 0.1) is 0 Å². The number of carbonyl (C=O) groups is 5. The predicted octanol–water partition coefficient (Wildman–Crippen LogP) is 6.18. The SMILES string of the molecule is CCCCCCCCCCC(=O)N(CCCCC(NC(=O)NC(CCC(=O)OC(C)(C)C)C(=O)OC(C)(C)C)C(=O)OC(C)(C)C)N1CCNCC1. The minimum atomic E-state index is -1.16. The van der Waals surface area contributed by atoms with Crippen molar-refractivity contribution < 1.29 is 38.2 Å². The maximum atomic E-state index is 13.4. The van der Waals surface area contributed by atoms with Crippen molar-refractivity contribution in [2.24, 2.45) is 0 Å². The van der Waals surface area contributed by atoms with E-state index >= 15 is 0 Å². The van der Waals surface area contributed by atoms with E-state index in [4.69, 9.17) is 14.2 Å². The van der Waals surface area contributed by atoms with Gasteiger partial charge in [0.2, 0.25) is 5.91 Å². The van der Waals surface area contributed by atoms with Crippen LogP contribution in [0.15, 0.2) is 0 Å². The number of ether oxygens (including phenoxy) is 3. The maximum Gasteiger partial charge on any atom is 0.329 e. The molecular weight excluding hydrogens is 666 g/mol. The Hall–Kier alpha value is -2.93. The molecule has 0 aromatic carbocycles. The van der Waals surface area contributed by atoms with Gasteiger partial charge in [-0.15, -0.1) is 0 Å². The summed E-state index contributed by atoms with van der Waals surface area (Å²) in [4.78, 5) is 65.5. The van der Waals surface area contributed by atoms with Crippen LogP contribution in [-0.4, -0.2) is 101 Å². The van der Waals surface area contributed by atoms with Crippen molar-refractivity contribution >= 4 is 29.8 Å². The van der Waals surface area contributed by atoms with Crippen molar-refractivity contribution in [1.29, 1.82) is 0 Å². The molecule has 13 heteroatoms. The molecule has 0 bridgehead atoms. The molecule has 1 aliphatic rings. The molecule has 13 nitrogen and oxygen atoms in total. The van der Waals surface area contributed by atoms with Crippen molar-refractivity contribution in [3.8, 4) is 0 Å². The van der Waals surface area contributed by atoms with Crippen molar-refractivity contribution in [3.63, 3.8) is 0 Å². The Morgan fingerprint density at radius 2 is 1.12 bits per heavy atom. The zero-order valence-corrected chi connectivity index (χ0v) is 34.3. The lowest BCUT2D eigenvalue weighted by Crippen LogP contribution is -2.55. The lowest BCUT2D eigenvalue weighted by Gasteiger charge is -2.38. The summed E-state index contributed by atoms with van der Waals surface area (Å²) in [7, 11) is 0. The quantitative estimate of drug-likeness (QED) is 0.0666. The third-order valence-electron chi connectivity index (χ3n) is 8.13. The minimum Gasteiger partial charge on any atom is -0.460 e. The van der Waals surface area contributed by atoms with Crippen molar-refractivity contribution in [1.82, 2.24) is 26.0 Å². The summed E-state index contributed by atoms with van der Waals surface area (Å²) in [5.74, 6) is -1.70. The fourth-order valence-corrected chi connectivity index (χ4v) is 5.72. The van der Waals surface area contributed by atoms with Crippen LogP contribution in [0.3, 0.4) is 0 Å². The first-order valence-corrected chi connectivity index (χ1v) is 19.7. The number of esters is 3. The number of nitrogens with zero attached hydrogens (tertiary/aromatic N) is 2. The molecule has 1 rings (SSSR count). The molecule has 302 valence electrons. The summed E-state index contributed by atoms with van der Waals surface area (Å²) < 4.78 is 16.5. The summed E-state index contributed by atoms with van der Waals surface area (Å²) in [6.45, 7) is 21.5. The minimum absolute atomic E-state index is 0.0524. The lowest BCUT2D eigenvalue weighted by atomic mass is 10.1. The average molecular weight is 740 g/mol. The fourth-order valence-electron chi connectivity index (χ4n) is 5.72. The second kappa shape index (κ2) is 23.7. The number of urea groups is 1. The average Bonchev–Trinajstić information content (AvgIpc) is 3.01. The highest BCUT2D eigenvalue weighted by atomic mass is 16.6. The first-order chi connectivity index (χ1) is 24.2. The van der Waals surface area contributed by atoms with Gasteiger partial charge in [-0.1, -0.05) is 51.9 Å². The van der Waals surface area contributed by atoms with Crippen molar-refractivity contribution in [2.75, 3.05) is 32.7 Å². The Bertz CT molecular complexity index is 1090. The molecule has 3 N–H and O–H groups in total. The number of piperazine rings is 1. The number of hydrazine groups is 1. The molecule has 2 unspecified atom stereocenters. The largest absolute Gasteiger partial charge is 0.460 e. The van der Waals surface area contributed by atoms with E-state index in [0.717, 1.165) is 45.4 Å². The molecule has 52 heavy (non-hydrogen) atoms. The van der Waals surface area contributed by atoms with E-state index in [1.165, 1.54) is 32.1 Å². The molecule has 1 heterocycles. The standard InChI is InChI=1S/C39H73N5O8/c1-11-12-13-14-15-16-17-18-22-32(45)44(43-28-25-40-26-29-43)27-20-19-21-30(34(47)51-38(5,6)7)41-36(49)42-31(35(48)52-39(8,9)10)23-24-33(46)50-37(2,3)4/h30-31,40H,11-29H2,1-10H3,(H2,41,42,49). The van der Waals surface area contributed by atoms with Crippen LogP contribution in [0.4, 0.5) is 4.79 Å². The highest BCUT2D eigenvalue weighted by molar-refractivity contribution is 5.87. The molecule has 1 aliphatic heterocycles. The van der Waals surface area contributed by atoms with Gasteiger partial charge in [0.25, 0.3) is 0 Å². The van der Waals surface area contributed by atoms with Crippen LogP contribution >= 0.6 is 0 Å². The molecule has 0 saturated carbocycles. The molecule has 0 radical (unpaired) electrons. The molecule has 0 aliphatic carbocycles. The van der Waals surface area contributed by atoms with E-state index in [-0.39, 0.29) is 25.2 Å². The van der Waals surface area contributed by atoms with Crippen molar-refractivity contribution in [3.05, 3.63) is 0 Å². The van der Waals surface area contributed by atoms with E-state index in [9.17, 15) is 24.0 Å². The number of hydrogen-bond acceptors (Lipinski definition) is 10. The summed E-state index contributed by atoms with van der Waals surface area (Å²) in [6, 6.07) is -2.94. The van der Waals surface area contributed by atoms with E-state index in [2.05, 4.69) is 27.9 Å². The smallest absolute Gasteiger partial charge is 0.329 e. The normalized spacial score (nSPS) is 15.3. The van der Waals surface area contributed by atoms with Gasteiger partial charge in [-0.2, -0.15) is 0 Å². The van der Waals surface area contributed by atoms with Gasteiger partial charge in [0, 0.05) is 45.6 Å². The van der Waals surface area contributed by atoms with Gasteiger partial charge < -0.3 is 30.2 Å². The Morgan fingerprint density at radius 3 is 1.62 bits per heavy atom. The highest BCUT2D eigenvalue weighted by Crippen LogP contribution is 2.17. The Balaban J connectivity index is 2.91. The van der Waals surface area contributed by atoms with Gasteiger partial charge in [0.05, 0.1) is 0 Å². The number of nitrogens with one attached hydrogen (secondary N) is 3. The summed E-state index contributed by atoms with van der Waals surface area (Å²) in [6.07, 6.45) is 11.1. The maximum absolute atomic E-state index is 13.4. The van der Waals surface area contributed by atoms with Crippen LogP contribution in [0.1, 0.15) is 159 Å². The molecule has 0 aromatic rings. The summed E-state index contributed by atoms with van der Waals surface area (Å²) in [5.41, 5.74) is -2.32. The van der Waals surface area contributed by atoms with Crippen LogP contribution in [0.2, 0.25) is 0 Å². The van der Waals surface area contributed by atoms with Gasteiger partial charge in [0.1, 0.15) is 28.9 Å². The molecular formula is C39H73N5O8. The molecule has 0 aromatic heterocycles. The van der Waals surface area contributed by atoms with Crippen molar-refractivity contribution in [2.45, 2.75) is 188 Å². The van der Waals surface area contributed by atoms with Crippen LogP contribution in [-0.2, 0) is 33.4 Å². The van der Waals surface area contributed by atoms with Gasteiger partial charge in [-0.05, 0) is 94.4 Å². The number of carbonyl (C=O) groups excluding carboxylic acids is 5. The van der Waals surface area contributed by atoms with Crippen LogP contribution < -0.4 is 16.0 Å². The number of rotatable bonds is 22. The monoisotopic (exact) mass is 740 g/mol. The third-order valence-corrected chi connectivity index (χ3v) is 8.13. The van der Waals surface area contributed by atoms with Gasteiger partial charge in [-0.3, -0.25) is 14.6 Å². The van der Waals surface area contributed by atoms with E-state index in [1.54, 1.807) is 62.3 Å². The molecule has 3 amide bonds. The van der Waals surface area contributed by atoms with Gasteiger partial charge in [-0.25, -0.2) is 19.4 Å². The molecule has 1 saturated heterocycles. The first kappa shape index (κ1) is 47.1. The first-order valence-electron chi connectivity index (χ1n) is 19.7. The molecule has 0 spiro atoms. The second-order valence-corrected chi connectivity index (χ2v) is 16.9. The van der Waals surface area contributed by atoms with Gasteiger partial charge in [0.15, 0.2) is 0 Å². The summed E-state index contributed by atoms with van der Waals surface area (Å²) >= 11 is 0. The highest BCUT2D eigenvalue weighted by Gasteiger charge is 2.31. The number of amides is 3. The summed E-state index contributed by atoms with van der Waals surface area (Å²) in [5, 5.41) is 12.6. The van der Waals surface area contributed by atoms with E-state index in [1.807, 2.05) is 5.01 Å². The van der Waals surface area contributed by atoms with Crippen LogP contribution in [0.5, 0.6) is 0 Å². The Labute approximate surface area is 314 Å². The predicted molar refractivity (Wildman–Crippen MR) is 203 cm³/mol. The fraction of sp³-hybridized carbons (Fsp3) is 0.872. The molecule has 2 atom stereocenters. The number of unbranched alkanes of at least 4 members (excludes halogenated alkanes) is 8. The van der Waals surface area contributed by atoms with E-state index in [0.29, 0.717) is 25.8 Å². The second-order valence-electron chi connectivity index (χ2n) is 16.9. The lowest BCUT2D eigenvalue weighted by molar-refractivity contribution is -0.159. The number of hydrogen-bond donors (Lipinski definition) is 3. The Kier molecular flexibility index (Phi) is 21.4.